The van der Waals surface area contributed by atoms with Crippen LogP contribution in [0.15, 0.2) is 30.3 Å². The van der Waals surface area contributed by atoms with Gasteiger partial charge < -0.3 is 4.90 Å². The van der Waals surface area contributed by atoms with Gasteiger partial charge in [-0.25, -0.2) is 4.98 Å². The number of carbonyl (C=O) groups is 1. The number of fused-ring (bicyclic) bond motifs is 4. The van der Waals surface area contributed by atoms with Crippen molar-refractivity contribution < 1.29 is 4.79 Å². The number of H-pyrrole nitrogens is 1. The molecule has 6 heteroatoms. The molecule has 1 aromatic carbocycles. The Labute approximate surface area is 178 Å². The zero-order valence-corrected chi connectivity index (χ0v) is 17.5. The van der Waals surface area contributed by atoms with E-state index in [4.69, 9.17) is 0 Å². The highest BCUT2D eigenvalue weighted by molar-refractivity contribution is 5.78. The van der Waals surface area contributed by atoms with E-state index in [2.05, 4.69) is 25.0 Å². The number of piperidine rings is 3. The van der Waals surface area contributed by atoms with E-state index in [1.807, 2.05) is 30.3 Å². The third kappa shape index (κ3) is 3.45. The molecule has 1 aromatic heterocycles. The van der Waals surface area contributed by atoms with Gasteiger partial charge >= 0.3 is 0 Å². The molecule has 4 atom stereocenters. The van der Waals surface area contributed by atoms with Crippen molar-refractivity contribution in [1.82, 2.24) is 25.0 Å². The van der Waals surface area contributed by atoms with Gasteiger partial charge in [-0.05, 0) is 49.9 Å². The number of likely N-dealkylation sites (tertiary alicyclic amines) is 1. The van der Waals surface area contributed by atoms with Gasteiger partial charge in [0.25, 0.3) is 0 Å². The number of amides is 1. The van der Waals surface area contributed by atoms with Gasteiger partial charge in [-0.1, -0.05) is 36.8 Å². The third-order valence-corrected chi connectivity index (χ3v) is 7.84. The van der Waals surface area contributed by atoms with Gasteiger partial charge in [-0.15, -0.1) is 0 Å². The summed E-state index contributed by atoms with van der Waals surface area (Å²) in [7, 11) is 0. The van der Waals surface area contributed by atoms with Gasteiger partial charge in [0.1, 0.15) is 5.82 Å². The Kier molecular flexibility index (Phi) is 4.63. The normalized spacial score (nSPS) is 31.4. The zero-order chi connectivity index (χ0) is 20.1. The molecule has 3 aliphatic heterocycles. The first-order valence-electron chi connectivity index (χ1n) is 11.7. The summed E-state index contributed by atoms with van der Waals surface area (Å²) in [6.45, 7) is 3.04. The Bertz CT molecular complexity index is 907. The zero-order valence-electron chi connectivity index (χ0n) is 17.5. The molecule has 4 heterocycles. The topological polar surface area (TPSA) is 65.1 Å². The lowest BCUT2D eigenvalue weighted by Crippen LogP contribution is -2.62. The predicted molar refractivity (Wildman–Crippen MR) is 115 cm³/mol. The summed E-state index contributed by atoms with van der Waals surface area (Å²) in [4.78, 5) is 22.7. The predicted octanol–water partition coefficient (Wildman–Crippen LogP) is 3.13. The van der Waals surface area contributed by atoms with Crippen LogP contribution in [0.3, 0.4) is 0 Å². The minimum absolute atomic E-state index is 0.198. The molecule has 6 rings (SSSR count). The van der Waals surface area contributed by atoms with Crippen LogP contribution in [0.1, 0.15) is 44.3 Å². The lowest BCUT2D eigenvalue weighted by atomic mass is 9.74. The molecule has 3 saturated heterocycles. The molecule has 6 nitrogen and oxygen atoms in total. The second-order valence-corrected chi connectivity index (χ2v) is 9.91. The van der Waals surface area contributed by atoms with Crippen LogP contribution in [0.4, 0.5) is 0 Å². The van der Waals surface area contributed by atoms with Crippen LogP contribution in [-0.4, -0.2) is 62.6 Å². The molecule has 1 aliphatic carbocycles. The molecule has 30 heavy (non-hydrogen) atoms. The van der Waals surface area contributed by atoms with Crippen LogP contribution in [0.2, 0.25) is 0 Å². The summed E-state index contributed by atoms with van der Waals surface area (Å²) in [5.41, 5.74) is 0.975. The Balaban J connectivity index is 1.12. The van der Waals surface area contributed by atoms with Crippen molar-refractivity contribution >= 4 is 5.91 Å². The van der Waals surface area contributed by atoms with E-state index in [1.165, 1.54) is 45.1 Å². The summed E-state index contributed by atoms with van der Waals surface area (Å²) in [5.74, 6) is 3.79. The van der Waals surface area contributed by atoms with Gasteiger partial charge in [0, 0.05) is 37.3 Å². The molecular weight excluding hydrogens is 374 g/mol. The van der Waals surface area contributed by atoms with E-state index in [9.17, 15) is 4.79 Å². The van der Waals surface area contributed by atoms with E-state index in [1.54, 1.807) is 0 Å². The van der Waals surface area contributed by atoms with Crippen molar-refractivity contribution in [1.29, 1.82) is 0 Å². The fourth-order valence-corrected chi connectivity index (χ4v) is 6.38. The van der Waals surface area contributed by atoms with Crippen molar-refractivity contribution in [2.45, 2.75) is 57.0 Å². The first-order chi connectivity index (χ1) is 14.7. The molecule has 158 valence electrons. The summed E-state index contributed by atoms with van der Waals surface area (Å²) in [5, 5.41) is 7.29. The van der Waals surface area contributed by atoms with Crippen molar-refractivity contribution in [2.75, 3.05) is 19.6 Å². The maximum atomic E-state index is 13.1. The highest BCUT2D eigenvalue weighted by atomic mass is 16.2. The Hall–Kier alpha value is -2.21. The summed E-state index contributed by atoms with van der Waals surface area (Å²) in [6.07, 6.45) is 8.61. The molecule has 0 unspecified atom stereocenters. The van der Waals surface area contributed by atoms with Gasteiger partial charge in [-0.3, -0.25) is 14.8 Å². The molecule has 4 fully saturated rings. The average molecular weight is 406 g/mol. The number of nitrogens with zero attached hydrogens (tertiary/aromatic N) is 4. The fourth-order valence-electron chi connectivity index (χ4n) is 6.38. The maximum Gasteiger partial charge on any atom is 0.230 e. The number of hydrogen-bond acceptors (Lipinski definition) is 4. The number of carbonyl (C=O) groups excluding carboxylic acids is 1. The summed E-state index contributed by atoms with van der Waals surface area (Å²) < 4.78 is 0. The number of benzene rings is 1. The maximum absolute atomic E-state index is 13.1. The van der Waals surface area contributed by atoms with Crippen LogP contribution >= 0.6 is 0 Å². The lowest BCUT2D eigenvalue weighted by Gasteiger charge is -2.55. The summed E-state index contributed by atoms with van der Waals surface area (Å²) in [6, 6.07) is 11.5. The van der Waals surface area contributed by atoms with E-state index >= 15 is 0 Å². The van der Waals surface area contributed by atoms with Crippen LogP contribution < -0.4 is 0 Å². The monoisotopic (exact) mass is 405 g/mol. The SMILES string of the molecule is O=C(Cc1nc(-c2ccccc2)n[nH]1)N1C[C@@H]2C[C@H](C1)[C@@H]1CCC[C@H](C3CC3)N1C2. The van der Waals surface area contributed by atoms with Crippen LogP contribution in [-0.2, 0) is 11.2 Å². The number of nitrogens with one attached hydrogen (secondary N) is 1. The van der Waals surface area contributed by atoms with Gasteiger partial charge in [0.2, 0.25) is 5.91 Å². The first-order valence-corrected chi connectivity index (χ1v) is 11.7. The molecule has 1 saturated carbocycles. The molecule has 0 spiro atoms. The van der Waals surface area contributed by atoms with Gasteiger partial charge in [0.05, 0.1) is 6.42 Å². The molecule has 4 aliphatic rings. The molecule has 2 bridgehead atoms. The van der Waals surface area contributed by atoms with E-state index in [-0.39, 0.29) is 5.91 Å². The molecule has 1 N–H and O–H groups in total. The Morgan fingerprint density at radius 2 is 1.80 bits per heavy atom. The number of aromatic nitrogens is 3. The first kappa shape index (κ1) is 18.6. The van der Waals surface area contributed by atoms with Crippen LogP contribution in [0.25, 0.3) is 11.4 Å². The van der Waals surface area contributed by atoms with Crippen molar-refractivity contribution in [3.05, 3.63) is 36.2 Å². The molecule has 0 radical (unpaired) electrons. The van der Waals surface area contributed by atoms with Crippen LogP contribution in [0, 0.1) is 17.8 Å². The highest BCUT2D eigenvalue weighted by Crippen LogP contribution is 2.46. The largest absolute Gasteiger partial charge is 0.342 e. The quantitative estimate of drug-likeness (QED) is 0.849. The van der Waals surface area contributed by atoms with Crippen LogP contribution in [0.5, 0.6) is 0 Å². The van der Waals surface area contributed by atoms with E-state index < -0.39 is 0 Å². The third-order valence-electron chi connectivity index (χ3n) is 7.84. The second kappa shape index (κ2) is 7.49. The smallest absolute Gasteiger partial charge is 0.230 e. The van der Waals surface area contributed by atoms with Gasteiger partial charge in [-0.2, -0.15) is 5.10 Å². The minimum atomic E-state index is 0.198. The van der Waals surface area contributed by atoms with Crippen molar-refractivity contribution in [3.63, 3.8) is 0 Å². The number of rotatable bonds is 4. The molecular formula is C24H31N5O. The Morgan fingerprint density at radius 3 is 2.60 bits per heavy atom. The average Bonchev–Trinajstić information content (AvgIpc) is 3.52. The minimum Gasteiger partial charge on any atom is -0.342 e. The summed E-state index contributed by atoms with van der Waals surface area (Å²) >= 11 is 0. The highest BCUT2D eigenvalue weighted by Gasteiger charge is 2.48. The van der Waals surface area contributed by atoms with Gasteiger partial charge in [0.15, 0.2) is 5.82 Å². The standard InChI is InChI=1S/C24H31N5O/c30-23(12-22-25-24(27-26-22)18-5-2-1-3-6-18)28-13-16-11-19(15-28)21-8-4-7-20(17-9-10-17)29(21)14-16/h1-3,5-6,16-17,19-21H,4,7-15H2,(H,25,26,27)/t16-,19+,20+,21-/m0/s1. The fraction of sp³-hybridized carbons (Fsp3) is 0.625. The van der Waals surface area contributed by atoms with E-state index in [0.717, 1.165) is 30.6 Å². The molecule has 2 aromatic rings. The lowest BCUT2D eigenvalue weighted by molar-refractivity contribution is -0.138. The second-order valence-electron chi connectivity index (χ2n) is 9.91. The Morgan fingerprint density at radius 1 is 1.00 bits per heavy atom. The van der Waals surface area contributed by atoms with E-state index in [0.29, 0.717) is 35.9 Å². The van der Waals surface area contributed by atoms with Crippen molar-refractivity contribution in [3.8, 4) is 11.4 Å². The number of aromatic amines is 1. The molecule has 1 amide bonds. The number of hydrogen-bond donors (Lipinski definition) is 1. The van der Waals surface area contributed by atoms with Crippen molar-refractivity contribution in [2.24, 2.45) is 17.8 Å².